The van der Waals surface area contributed by atoms with Crippen molar-refractivity contribution >= 4 is 21.8 Å². The molecule has 1 N–H and O–H groups in total. The van der Waals surface area contributed by atoms with Crippen LogP contribution in [0.15, 0.2) is 41.1 Å². The van der Waals surface area contributed by atoms with Crippen LogP contribution in [0.3, 0.4) is 0 Å². The van der Waals surface area contributed by atoms with Gasteiger partial charge in [-0.05, 0) is 43.5 Å². The normalized spacial score (nSPS) is 12.2. The molecule has 1 unspecified atom stereocenters. The number of carbonyl (C=O) groups is 1. The number of aromatic nitrogens is 2. The first-order valence-electron chi connectivity index (χ1n) is 6.56. The van der Waals surface area contributed by atoms with Crippen molar-refractivity contribution in [3.63, 3.8) is 0 Å². The standard InChI is InChI=1S/C15H18BrN3O/c1-11-8-17-19(9-11)10-15(20)18-12(2)6-13-4-3-5-14(16)7-13/h3-5,7-9,12H,6,10H2,1-2H3,(H,18,20). The topological polar surface area (TPSA) is 46.9 Å². The number of amides is 1. The number of rotatable bonds is 5. The largest absolute Gasteiger partial charge is 0.352 e. The lowest BCUT2D eigenvalue weighted by Gasteiger charge is -2.14. The van der Waals surface area contributed by atoms with Crippen molar-refractivity contribution in [3.8, 4) is 0 Å². The Morgan fingerprint density at radius 3 is 2.95 bits per heavy atom. The molecule has 0 fully saturated rings. The van der Waals surface area contributed by atoms with Crippen LogP contribution in [0.5, 0.6) is 0 Å². The van der Waals surface area contributed by atoms with E-state index >= 15 is 0 Å². The monoisotopic (exact) mass is 335 g/mol. The van der Waals surface area contributed by atoms with E-state index in [9.17, 15) is 4.79 Å². The van der Waals surface area contributed by atoms with Gasteiger partial charge in [0.25, 0.3) is 0 Å². The third-order valence-corrected chi connectivity index (χ3v) is 3.40. The molecular formula is C15H18BrN3O. The summed E-state index contributed by atoms with van der Waals surface area (Å²) in [4.78, 5) is 11.9. The van der Waals surface area contributed by atoms with Crippen molar-refractivity contribution in [1.82, 2.24) is 15.1 Å². The van der Waals surface area contributed by atoms with Crippen molar-refractivity contribution < 1.29 is 4.79 Å². The maximum atomic E-state index is 11.9. The average molecular weight is 336 g/mol. The zero-order chi connectivity index (χ0) is 14.5. The summed E-state index contributed by atoms with van der Waals surface area (Å²) in [5, 5.41) is 7.10. The third kappa shape index (κ3) is 4.49. The lowest BCUT2D eigenvalue weighted by Crippen LogP contribution is -2.36. The molecule has 0 saturated heterocycles. The molecule has 5 heteroatoms. The molecule has 2 rings (SSSR count). The Hall–Kier alpha value is -1.62. The van der Waals surface area contributed by atoms with Gasteiger partial charge in [-0.3, -0.25) is 9.48 Å². The zero-order valence-electron chi connectivity index (χ0n) is 11.6. The van der Waals surface area contributed by atoms with Crippen LogP contribution in [-0.4, -0.2) is 21.7 Å². The molecular weight excluding hydrogens is 318 g/mol. The molecule has 1 aromatic heterocycles. The zero-order valence-corrected chi connectivity index (χ0v) is 13.2. The fourth-order valence-electron chi connectivity index (χ4n) is 2.09. The molecule has 20 heavy (non-hydrogen) atoms. The van der Waals surface area contributed by atoms with Crippen LogP contribution in [0.2, 0.25) is 0 Å². The average Bonchev–Trinajstić information content (AvgIpc) is 2.74. The fraction of sp³-hybridized carbons (Fsp3) is 0.333. The summed E-state index contributed by atoms with van der Waals surface area (Å²) in [5.41, 5.74) is 2.25. The molecule has 1 aromatic carbocycles. The van der Waals surface area contributed by atoms with Gasteiger partial charge in [0.1, 0.15) is 6.54 Å². The number of halogens is 1. The molecule has 0 radical (unpaired) electrons. The highest BCUT2D eigenvalue weighted by atomic mass is 79.9. The molecule has 4 nitrogen and oxygen atoms in total. The van der Waals surface area contributed by atoms with E-state index in [1.807, 2.05) is 32.2 Å². The van der Waals surface area contributed by atoms with E-state index in [2.05, 4.69) is 38.5 Å². The maximum Gasteiger partial charge on any atom is 0.241 e. The van der Waals surface area contributed by atoms with Gasteiger partial charge in [0, 0.05) is 16.7 Å². The van der Waals surface area contributed by atoms with E-state index in [0.29, 0.717) is 0 Å². The summed E-state index contributed by atoms with van der Waals surface area (Å²) < 4.78 is 2.71. The molecule has 1 heterocycles. The van der Waals surface area contributed by atoms with Crippen molar-refractivity contribution in [2.24, 2.45) is 0 Å². The highest BCUT2D eigenvalue weighted by Crippen LogP contribution is 2.13. The number of nitrogens with zero attached hydrogens (tertiary/aromatic N) is 2. The van der Waals surface area contributed by atoms with Gasteiger partial charge in [-0.15, -0.1) is 0 Å². The van der Waals surface area contributed by atoms with Gasteiger partial charge in [0.15, 0.2) is 0 Å². The van der Waals surface area contributed by atoms with Crippen LogP contribution in [0, 0.1) is 6.92 Å². The number of benzene rings is 1. The van der Waals surface area contributed by atoms with Gasteiger partial charge in [-0.25, -0.2) is 0 Å². The minimum atomic E-state index is -0.0180. The minimum absolute atomic E-state index is 0.0180. The molecule has 1 atom stereocenters. The van der Waals surface area contributed by atoms with Crippen molar-refractivity contribution in [3.05, 3.63) is 52.3 Å². The summed E-state index contributed by atoms with van der Waals surface area (Å²) in [6.07, 6.45) is 4.42. The second-order valence-corrected chi connectivity index (χ2v) is 5.93. The third-order valence-electron chi connectivity index (χ3n) is 2.91. The molecule has 0 bridgehead atoms. The maximum absolute atomic E-state index is 11.9. The van der Waals surface area contributed by atoms with Gasteiger partial charge in [0.05, 0.1) is 6.20 Å². The molecule has 106 valence electrons. The van der Waals surface area contributed by atoms with Gasteiger partial charge in [0.2, 0.25) is 5.91 Å². The molecule has 0 saturated carbocycles. The van der Waals surface area contributed by atoms with Gasteiger partial charge in [-0.2, -0.15) is 5.10 Å². The molecule has 0 aliphatic heterocycles. The van der Waals surface area contributed by atoms with Crippen LogP contribution in [0.4, 0.5) is 0 Å². The minimum Gasteiger partial charge on any atom is -0.352 e. The Morgan fingerprint density at radius 1 is 1.50 bits per heavy atom. The Labute approximate surface area is 127 Å². The lowest BCUT2D eigenvalue weighted by molar-refractivity contribution is -0.122. The number of aryl methyl sites for hydroxylation is 1. The predicted octanol–water partition coefficient (Wildman–Crippen LogP) is 2.70. The van der Waals surface area contributed by atoms with Crippen molar-refractivity contribution in [2.45, 2.75) is 32.9 Å². The van der Waals surface area contributed by atoms with Crippen LogP contribution in [0.25, 0.3) is 0 Å². The Kier molecular flexibility index (Phi) is 4.95. The first kappa shape index (κ1) is 14.8. The van der Waals surface area contributed by atoms with Gasteiger partial charge < -0.3 is 5.32 Å². The molecule has 0 aliphatic carbocycles. The van der Waals surface area contributed by atoms with E-state index in [4.69, 9.17) is 0 Å². The van der Waals surface area contributed by atoms with E-state index in [1.165, 1.54) is 5.56 Å². The van der Waals surface area contributed by atoms with E-state index in [1.54, 1.807) is 10.9 Å². The highest BCUT2D eigenvalue weighted by Gasteiger charge is 2.09. The first-order chi connectivity index (χ1) is 9.52. The van der Waals surface area contributed by atoms with Crippen LogP contribution < -0.4 is 5.32 Å². The van der Waals surface area contributed by atoms with Crippen LogP contribution in [0.1, 0.15) is 18.1 Å². The van der Waals surface area contributed by atoms with Crippen LogP contribution >= 0.6 is 15.9 Å². The Balaban J connectivity index is 1.84. The van der Waals surface area contributed by atoms with Gasteiger partial charge >= 0.3 is 0 Å². The smallest absolute Gasteiger partial charge is 0.241 e. The summed E-state index contributed by atoms with van der Waals surface area (Å²) in [5.74, 6) is -0.0180. The lowest BCUT2D eigenvalue weighted by atomic mass is 10.1. The number of carbonyl (C=O) groups excluding carboxylic acids is 1. The summed E-state index contributed by atoms with van der Waals surface area (Å²) >= 11 is 3.45. The summed E-state index contributed by atoms with van der Waals surface area (Å²) in [6, 6.07) is 8.21. The molecule has 0 spiro atoms. The Morgan fingerprint density at radius 2 is 2.30 bits per heavy atom. The van der Waals surface area contributed by atoms with Crippen molar-refractivity contribution in [1.29, 1.82) is 0 Å². The first-order valence-corrected chi connectivity index (χ1v) is 7.35. The molecule has 2 aromatic rings. The molecule has 1 amide bonds. The molecule has 0 aliphatic rings. The number of hydrogen-bond donors (Lipinski definition) is 1. The van der Waals surface area contributed by atoms with Crippen molar-refractivity contribution in [2.75, 3.05) is 0 Å². The second kappa shape index (κ2) is 6.70. The number of nitrogens with one attached hydrogen (secondary N) is 1. The Bertz CT molecular complexity index is 594. The SMILES string of the molecule is Cc1cnn(CC(=O)NC(C)Cc2cccc(Br)c2)c1. The summed E-state index contributed by atoms with van der Waals surface area (Å²) in [7, 11) is 0. The summed E-state index contributed by atoms with van der Waals surface area (Å²) in [6.45, 7) is 4.22. The van der Waals surface area contributed by atoms with E-state index in [0.717, 1.165) is 16.5 Å². The highest BCUT2D eigenvalue weighted by molar-refractivity contribution is 9.10. The van der Waals surface area contributed by atoms with E-state index in [-0.39, 0.29) is 18.5 Å². The van der Waals surface area contributed by atoms with Crippen LogP contribution in [-0.2, 0) is 17.8 Å². The predicted molar refractivity (Wildman–Crippen MR) is 82.4 cm³/mol. The van der Waals surface area contributed by atoms with Gasteiger partial charge in [-0.1, -0.05) is 28.1 Å². The quantitative estimate of drug-likeness (QED) is 0.913. The fourth-order valence-corrected chi connectivity index (χ4v) is 2.54. The second-order valence-electron chi connectivity index (χ2n) is 5.02. The van der Waals surface area contributed by atoms with E-state index < -0.39 is 0 Å². The number of hydrogen-bond acceptors (Lipinski definition) is 2.